The number of aromatic nitrogens is 1. The van der Waals surface area contributed by atoms with Gasteiger partial charge < -0.3 is 9.47 Å². The highest BCUT2D eigenvalue weighted by Crippen LogP contribution is 2.63. The maximum absolute atomic E-state index is 2.59. The van der Waals surface area contributed by atoms with Crippen molar-refractivity contribution in [3.63, 3.8) is 0 Å². The Morgan fingerprint density at radius 1 is 0.339 bits per heavy atom. The molecule has 0 fully saturated rings. The summed E-state index contributed by atoms with van der Waals surface area (Å²) < 4.78 is 2.59. The molecule has 1 heterocycles. The zero-order valence-electron chi connectivity index (χ0n) is 34.5. The van der Waals surface area contributed by atoms with Crippen molar-refractivity contribution in [1.29, 1.82) is 0 Å². The molecule has 1 spiro atoms. The number of hydrogen-bond acceptors (Lipinski definition) is 1. The van der Waals surface area contributed by atoms with E-state index >= 15 is 0 Å². The van der Waals surface area contributed by atoms with Crippen molar-refractivity contribution < 1.29 is 0 Å². The van der Waals surface area contributed by atoms with Gasteiger partial charge in [0.2, 0.25) is 0 Å². The summed E-state index contributed by atoms with van der Waals surface area (Å²) in [5, 5.41) is 7.74. The fraction of sp³-hybridized carbons (Fsp3) is 0.0667. The Labute approximate surface area is 360 Å². The van der Waals surface area contributed by atoms with Gasteiger partial charge in [0.15, 0.2) is 0 Å². The van der Waals surface area contributed by atoms with E-state index in [1.807, 2.05) is 0 Å². The van der Waals surface area contributed by atoms with E-state index in [9.17, 15) is 0 Å². The summed E-state index contributed by atoms with van der Waals surface area (Å²) in [6.45, 7) is 4.77. The Morgan fingerprint density at radius 2 is 0.952 bits per heavy atom. The molecule has 0 radical (unpaired) electrons. The Balaban J connectivity index is 1.17. The molecule has 0 aliphatic heterocycles. The van der Waals surface area contributed by atoms with Crippen LogP contribution in [0, 0.1) is 0 Å². The topological polar surface area (TPSA) is 8.17 Å². The van der Waals surface area contributed by atoms with Gasteiger partial charge in [-0.05, 0) is 132 Å². The van der Waals surface area contributed by atoms with Crippen molar-refractivity contribution in [2.24, 2.45) is 0 Å². The lowest BCUT2D eigenvalue weighted by atomic mass is 9.63. The third-order valence-electron chi connectivity index (χ3n) is 14.7. The predicted molar refractivity (Wildman–Crippen MR) is 259 cm³/mol. The second-order valence-corrected chi connectivity index (χ2v) is 18.0. The Bertz CT molecular complexity index is 3690. The predicted octanol–water partition coefficient (Wildman–Crippen LogP) is 15.5. The molecule has 0 saturated carbocycles. The number of rotatable bonds is 4. The van der Waals surface area contributed by atoms with Gasteiger partial charge in [-0.3, -0.25) is 0 Å². The average molecular weight is 789 g/mol. The van der Waals surface area contributed by atoms with Gasteiger partial charge in [-0.15, -0.1) is 0 Å². The third kappa shape index (κ3) is 4.19. The van der Waals surface area contributed by atoms with Crippen LogP contribution in [0.5, 0.6) is 0 Å². The highest BCUT2D eigenvalue weighted by Gasteiger charge is 2.50. The lowest BCUT2D eigenvalue weighted by molar-refractivity contribution is 0.660. The fourth-order valence-corrected chi connectivity index (χ4v) is 12.1. The van der Waals surface area contributed by atoms with Gasteiger partial charge in [0.1, 0.15) is 0 Å². The van der Waals surface area contributed by atoms with E-state index in [0.29, 0.717) is 0 Å². The van der Waals surface area contributed by atoms with Crippen LogP contribution < -0.4 is 4.90 Å². The molecule has 3 aliphatic rings. The van der Waals surface area contributed by atoms with Crippen molar-refractivity contribution in [2.75, 3.05) is 4.90 Å². The van der Waals surface area contributed by atoms with Gasteiger partial charge in [-0.1, -0.05) is 166 Å². The fourth-order valence-electron chi connectivity index (χ4n) is 12.1. The van der Waals surface area contributed by atoms with Crippen LogP contribution in [0.2, 0.25) is 0 Å². The molecule has 0 unspecified atom stereocenters. The van der Waals surface area contributed by atoms with Gasteiger partial charge in [0, 0.05) is 38.9 Å². The second kappa shape index (κ2) is 12.0. The van der Waals surface area contributed by atoms with Gasteiger partial charge in [-0.25, -0.2) is 0 Å². The summed E-state index contributed by atoms with van der Waals surface area (Å²) in [5.41, 5.74) is 19.7. The zero-order chi connectivity index (χ0) is 40.9. The average Bonchev–Trinajstić information content (AvgIpc) is 3.90. The molecular weight excluding hydrogens is 749 g/mol. The zero-order valence-corrected chi connectivity index (χ0v) is 34.5. The van der Waals surface area contributed by atoms with Crippen molar-refractivity contribution in [3.05, 3.63) is 240 Å². The molecule has 10 aromatic carbocycles. The second-order valence-electron chi connectivity index (χ2n) is 18.0. The van der Waals surface area contributed by atoms with Crippen molar-refractivity contribution >= 4 is 60.4 Å². The van der Waals surface area contributed by atoms with Gasteiger partial charge in [-0.2, -0.15) is 0 Å². The van der Waals surface area contributed by atoms with E-state index in [1.54, 1.807) is 0 Å². The maximum atomic E-state index is 2.59. The highest BCUT2D eigenvalue weighted by molar-refractivity contribution is 6.27. The number of benzene rings is 10. The quantitative estimate of drug-likeness (QED) is 0.172. The summed E-state index contributed by atoms with van der Waals surface area (Å²) in [5.74, 6) is 0. The molecule has 0 N–H and O–H groups in total. The summed E-state index contributed by atoms with van der Waals surface area (Å²) in [7, 11) is 0. The molecule has 2 nitrogen and oxygen atoms in total. The van der Waals surface area contributed by atoms with E-state index in [4.69, 9.17) is 0 Å². The van der Waals surface area contributed by atoms with Crippen LogP contribution in [0.1, 0.15) is 47.2 Å². The SMILES string of the molecule is CC1(C)c2ccccc2-c2ccc(-n3c4cc(N(c5ccccc5)c5ccc6ccccc6c5)cc5c4c4c6c(cccc6ccc43)C53c4ccccc4-c4ccccc43)cc21. The lowest BCUT2D eigenvalue weighted by Gasteiger charge is -2.38. The van der Waals surface area contributed by atoms with E-state index < -0.39 is 5.41 Å². The smallest absolute Gasteiger partial charge is 0.0727 e. The Kier molecular flexibility index (Phi) is 6.59. The molecule has 0 bridgehead atoms. The number of anilines is 3. The minimum absolute atomic E-state index is 0.133. The molecule has 290 valence electrons. The van der Waals surface area contributed by atoms with Crippen molar-refractivity contribution in [1.82, 2.24) is 4.57 Å². The van der Waals surface area contributed by atoms with Crippen LogP contribution in [-0.2, 0) is 10.8 Å². The normalized spacial score (nSPS) is 14.5. The monoisotopic (exact) mass is 788 g/mol. The molecular formula is C60H40N2. The molecule has 0 atom stereocenters. The number of hydrogen-bond donors (Lipinski definition) is 0. The van der Waals surface area contributed by atoms with Gasteiger partial charge >= 0.3 is 0 Å². The number of fused-ring (bicyclic) bond motifs is 11. The van der Waals surface area contributed by atoms with E-state index in [2.05, 4.69) is 230 Å². The first kappa shape index (κ1) is 34.1. The molecule has 1 aromatic heterocycles. The summed E-state index contributed by atoms with van der Waals surface area (Å²) in [6, 6.07) is 77.9. The minimum Gasteiger partial charge on any atom is -0.310 e. The molecule has 11 aromatic rings. The standard InChI is InChI=1S/C60H40N2/c1-59(2)48-23-11-8-20-44(48)47-31-30-42(34-52(47)59)62-54-32-28-38-17-14-26-51-56(38)58(54)57-53(60(51)49-24-12-9-21-45(49)46-22-10-13-25-50(46)60)35-43(36-55(57)62)61(40-18-4-3-5-19-40)41-29-27-37-15-6-7-16-39(37)33-41/h3-36H,1-2H3. The number of nitrogens with zero attached hydrogens (tertiary/aromatic N) is 2. The Hall–Kier alpha value is -7.68. The first-order chi connectivity index (χ1) is 30.5. The largest absolute Gasteiger partial charge is 0.310 e. The van der Waals surface area contributed by atoms with Crippen LogP contribution in [0.3, 0.4) is 0 Å². The summed E-state index contributed by atoms with van der Waals surface area (Å²) >= 11 is 0. The van der Waals surface area contributed by atoms with Crippen LogP contribution >= 0.6 is 0 Å². The molecule has 2 heteroatoms. The molecule has 14 rings (SSSR count). The minimum atomic E-state index is -0.554. The molecule has 0 amide bonds. The van der Waals surface area contributed by atoms with Crippen LogP contribution in [0.15, 0.2) is 206 Å². The van der Waals surface area contributed by atoms with Gasteiger partial charge in [0.25, 0.3) is 0 Å². The Morgan fingerprint density at radius 3 is 1.73 bits per heavy atom. The molecule has 3 aliphatic carbocycles. The first-order valence-electron chi connectivity index (χ1n) is 21.8. The third-order valence-corrected chi connectivity index (χ3v) is 14.7. The molecule has 0 saturated heterocycles. The van der Waals surface area contributed by atoms with Crippen LogP contribution in [0.4, 0.5) is 17.1 Å². The van der Waals surface area contributed by atoms with E-state index in [-0.39, 0.29) is 5.41 Å². The van der Waals surface area contributed by atoms with Crippen LogP contribution in [0.25, 0.3) is 71.3 Å². The van der Waals surface area contributed by atoms with Gasteiger partial charge in [0.05, 0.1) is 16.4 Å². The molecule has 62 heavy (non-hydrogen) atoms. The first-order valence-corrected chi connectivity index (χ1v) is 21.8. The van der Waals surface area contributed by atoms with E-state index in [0.717, 1.165) is 17.1 Å². The van der Waals surface area contributed by atoms with Crippen LogP contribution in [-0.4, -0.2) is 4.57 Å². The van der Waals surface area contributed by atoms with E-state index in [1.165, 1.54) is 105 Å². The maximum Gasteiger partial charge on any atom is 0.0727 e. The number of para-hydroxylation sites is 1. The van der Waals surface area contributed by atoms with Crippen molar-refractivity contribution in [3.8, 4) is 27.9 Å². The lowest BCUT2D eigenvalue weighted by Crippen LogP contribution is -2.31. The summed E-state index contributed by atoms with van der Waals surface area (Å²) in [6.07, 6.45) is 0. The highest BCUT2D eigenvalue weighted by atomic mass is 15.1. The summed E-state index contributed by atoms with van der Waals surface area (Å²) in [4.78, 5) is 2.48. The van der Waals surface area contributed by atoms with Crippen molar-refractivity contribution in [2.45, 2.75) is 24.7 Å².